The first kappa shape index (κ1) is 25.9. The van der Waals surface area contributed by atoms with Crippen LogP contribution < -0.4 is 14.8 Å². The van der Waals surface area contributed by atoms with Crippen molar-refractivity contribution in [2.24, 2.45) is 0 Å². The van der Waals surface area contributed by atoms with Crippen molar-refractivity contribution in [3.63, 3.8) is 0 Å². The highest BCUT2D eigenvalue weighted by Crippen LogP contribution is 2.33. The standard InChI is InChI=1S/C26H26N4O6S/c1-4-30(17-18-8-6-5-7-9-18)37(32,33)21-13-10-19(11-14-21)24(31)27-26-29-28-25(36-26)22-16-20(34-2)12-15-23(22)35-3/h5-16H,4,17H2,1-3H3,(H,27,29,31). The van der Waals surface area contributed by atoms with Gasteiger partial charge in [0.2, 0.25) is 10.0 Å². The molecular weight excluding hydrogens is 496 g/mol. The Bertz CT molecular complexity index is 1470. The Morgan fingerprint density at radius 3 is 2.35 bits per heavy atom. The second-order valence-electron chi connectivity index (χ2n) is 7.87. The van der Waals surface area contributed by atoms with Crippen LogP contribution in [0.15, 0.2) is 82.1 Å². The molecule has 192 valence electrons. The lowest BCUT2D eigenvalue weighted by Gasteiger charge is -2.20. The third-order valence-corrected chi connectivity index (χ3v) is 7.53. The number of amides is 1. The molecule has 0 saturated carbocycles. The average Bonchev–Trinajstić information content (AvgIpc) is 3.40. The van der Waals surface area contributed by atoms with Crippen LogP contribution in [0.5, 0.6) is 11.5 Å². The van der Waals surface area contributed by atoms with E-state index in [4.69, 9.17) is 13.9 Å². The van der Waals surface area contributed by atoms with Crippen LogP contribution in [0.3, 0.4) is 0 Å². The van der Waals surface area contributed by atoms with Gasteiger partial charge in [-0.05, 0) is 48.0 Å². The fourth-order valence-electron chi connectivity index (χ4n) is 3.61. The average molecular weight is 523 g/mol. The van der Waals surface area contributed by atoms with E-state index >= 15 is 0 Å². The van der Waals surface area contributed by atoms with E-state index in [0.717, 1.165) is 5.56 Å². The summed E-state index contributed by atoms with van der Waals surface area (Å²) in [7, 11) is -0.710. The maximum absolute atomic E-state index is 13.1. The second kappa shape index (κ2) is 11.2. The van der Waals surface area contributed by atoms with E-state index in [2.05, 4.69) is 15.5 Å². The van der Waals surface area contributed by atoms with E-state index < -0.39 is 15.9 Å². The lowest BCUT2D eigenvalue weighted by molar-refractivity contribution is 0.102. The predicted molar refractivity (Wildman–Crippen MR) is 137 cm³/mol. The van der Waals surface area contributed by atoms with Gasteiger partial charge < -0.3 is 13.9 Å². The fourth-order valence-corrected chi connectivity index (χ4v) is 5.05. The van der Waals surface area contributed by atoms with Gasteiger partial charge in [0, 0.05) is 18.7 Å². The zero-order chi connectivity index (χ0) is 26.4. The highest BCUT2D eigenvalue weighted by molar-refractivity contribution is 7.89. The molecule has 0 spiro atoms. The number of anilines is 1. The fraction of sp³-hybridized carbons (Fsp3) is 0.192. The number of rotatable bonds is 10. The number of sulfonamides is 1. The van der Waals surface area contributed by atoms with E-state index in [0.29, 0.717) is 23.6 Å². The molecule has 0 aliphatic heterocycles. The summed E-state index contributed by atoms with van der Waals surface area (Å²) < 4.78 is 43.8. The van der Waals surface area contributed by atoms with Gasteiger partial charge in [0.25, 0.3) is 11.8 Å². The van der Waals surface area contributed by atoms with Gasteiger partial charge in [-0.15, -0.1) is 5.10 Å². The third kappa shape index (κ3) is 5.79. The molecule has 37 heavy (non-hydrogen) atoms. The molecule has 0 unspecified atom stereocenters. The summed E-state index contributed by atoms with van der Waals surface area (Å²) in [4.78, 5) is 12.8. The summed E-state index contributed by atoms with van der Waals surface area (Å²) in [6, 6.07) is 20.0. The van der Waals surface area contributed by atoms with Crippen molar-refractivity contribution < 1.29 is 27.1 Å². The number of methoxy groups -OCH3 is 2. The smallest absolute Gasteiger partial charge is 0.322 e. The highest BCUT2D eigenvalue weighted by Gasteiger charge is 2.24. The van der Waals surface area contributed by atoms with Crippen molar-refractivity contribution in [2.75, 3.05) is 26.1 Å². The molecule has 0 aliphatic carbocycles. The number of ether oxygens (including phenoxy) is 2. The first-order valence-corrected chi connectivity index (χ1v) is 12.8. The minimum atomic E-state index is -3.75. The molecule has 3 aromatic carbocycles. The minimum absolute atomic E-state index is 0.0898. The number of carbonyl (C=O) groups is 1. The summed E-state index contributed by atoms with van der Waals surface area (Å²) in [6.45, 7) is 2.33. The molecule has 10 nitrogen and oxygen atoms in total. The lowest BCUT2D eigenvalue weighted by atomic mass is 10.2. The van der Waals surface area contributed by atoms with Crippen LogP contribution in [0.2, 0.25) is 0 Å². The summed E-state index contributed by atoms with van der Waals surface area (Å²) >= 11 is 0. The highest BCUT2D eigenvalue weighted by atomic mass is 32.2. The number of hydrogen-bond acceptors (Lipinski definition) is 8. The molecule has 1 N–H and O–H groups in total. The number of nitrogens with zero attached hydrogens (tertiary/aromatic N) is 3. The van der Waals surface area contributed by atoms with Gasteiger partial charge in [-0.3, -0.25) is 10.1 Å². The van der Waals surface area contributed by atoms with Gasteiger partial charge in [-0.2, -0.15) is 4.31 Å². The molecule has 0 atom stereocenters. The number of aromatic nitrogens is 2. The van der Waals surface area contributed by atoms with Crippen molar-refractivity contribution in [2.45, 2.75) is 18.4 Å². The lowest BCUT2D eigenvalue weighted by Crippen LogP contribution is -2.30. The quantitative estimate of drug-likeness (QED) is 0.328. The Morgan fingerprint density at radius 2 is 1.70 bits per heavy atom. The van der Waals surface area contributed by atoms with Crippen molar-refractivity contribution >= 4 is 21.9 Å². The Morgan fingerprint density at radius 1 is 0.973 bits per heavy atom. The molecule has 0 aliphatic rings. The monoisotopic (exact) mass is 522 g/mol. The maximum atomic E-state index is 13.1. The van der Waals surface area contributed by atoms with Crippen LogP contribution in [-0.4, -0.2) is 49.6 Å². The number of hydrogen-bond donors (Lipinski definition) is 1. The molecular formula is C26H26N4O6S. The summed E-state index contributed by atoms with van der Waals surface area (Å²) in [5, 5.41) is 10.4. The first-order chi connectivity index (χ1) is 17.8. The number of benzene rings is 3. The van der Waals surface area contributed by atoms with Crippen LogP contribution >= 0.6 is 0 Å². The molecule has 4 aromatic rings. The molecule has 0 fully saturated rings. The first-order valence-electron chi connectivity index (χ1n) is 11.4. The molecule has 0 bridgehead atoms. The van der Waals surface area contributed by atoms with Gasteiger partial charge in [-0.1, -0.05) is 42.4 Å². The minimum Gasteiger partial charge on any atom is -0.497 e. The van der Waals surface area contributed by atoms with Crippen molar-refractivity contribution in [3.05, 3.63) is 83.9 Å². The summed E-state index contributed by atoms with van der Waals surface area (Å²) in [6.07, 6.45) is 0. The third-order valence-electron chi connectivity index (χ3n) is 5.59. The predicted octanol–water partition coefficient (Wildman–Crippen LogP) is 4.22. The van der Waals surface area contributed by atoms with Crippen LogP contribution in [0, 0.1) is 0 Å². The van der Waals surface area contributed by atoms with E-state index in [9.17, 15) is 13.2 Å². The second-order valence-corrected chi connectivity index (χ2v) is 9.81. The van der Waals surface area contributed by atoms with E-state index in [-0.39, 0.29) is 28.9 Å². The number of nitrogens with one attached hydrogen (secondary N) is 1. The SMILES string of the molecule is CCN(Cc1ccccc1)S(=O)(=O)c1ccc(C(=O)Nc2nnc(-c3cc(OC)ccc3OC)o2)cc1. The van der Waals surface area contributed by atoms with Crippen LogP contribution in [-0.2, 0) is 16.6 Å². The van der Waals surface area contributed by atoms with Gasteiger partial charge >= 0.3 is 6.01 Å². The Balaban J connectivity index is 1.48. The van der Waals surface area contributed by atoms with Crippen LogP contribution in [0.25, 0.3) is 11.5 Å². The van der Waals surface area contributed by atoms with Gasteiger partial charge in [0.1, 0.15) is 11.5 Å². The summed E-state index contributed by atoms with van der Waals surface area (Å²) in [5.74, 6) is 0.659. The van der Waals surface area contributed by atoms with Gasteiger partial charge in [0.15, 0.2) is 0 Å². The zero-order valence-electron chi connectivity index (χ0n) is 20.5. The van der Waals surface area contributed by atoms with Gasteiger partial charge in [0.05, 0.1) is 24.7 Å². The number of carbonyl (C=O) groups excluding carboxylic acids is 1. The molecule has 0 saturated heterocycles. The van der Waals surface area contributed by atoms with Crippen LogP contribution in [0.1, 0.15) is 22.8 Å². The Labute approximate surface area is 214 Å². The van der Waals surface area contributed by atoms with E-state index in [1.54, 1.807) is 25.1 Å². The molecule has 1 aromatic heterocycles. The Kier molecular flexibility index (Phi) is 7.85. The van der Waals surface area contributed by atoms with Crippen molar-refractivity contribution in [1.82, 2.24) is 14.5 Å². The van der Waals surface area contributed by atoms with Crippen molar-refractivity contribution in [3.8, 4) is 23.0 Å². The molecule has 11 heteroatoms. The molecule has 1 amide bonds. The normalized spacial score (nSPS) is 11.4. The topological polar surface area (TPSA) is 124 Å². The molecule has 4 rings (SSSR count). The van der Waals surface area contributed by atoms with E-state index in [1.165, 1.54) is 42.8 Å². The Hall–Kier alpha value is -4.22. The van der Waals surface area contributed by atoms with Crippen molar-refractivity contribution in [1.29, 1.82) is 0 Å². The zero-order valence-corrected chi connectivity index (χ0v) is 21.4. The largest absolute Gasteiger partial charge is 0.497 e. The molecule has 1 heterocycles. The maximum Gasteiger partial charge on any atom is 0.322 e. The molecule has 0 radical (unpaired) electrons. The van der Waals surface area contributed by atoms with E-state index in [1.807, 2.05) is 30.3 Å². The van der Waals surface area contributed by atoms with Gasteiger partial charge in [-0.25, -0.2) is 8.42 Å². The van der Waals surface area contributed by atoms with Crippen LogP contribution in [0.4, 0.5) is 6.01 Å². The summed E-state index contributed by atoms with van der Waals surface area (Å²) in [5.41, 5.74) is 1.61.